The van der Waals surface area contributed by atoms with Gasteiger partial charge in [0.25, 0.3) is 0 Å². The summed E-state index contributed by atoms with van der Waals surface area (Å²) in [6.45, 7) is 5.21. The highest BCUT2D eigenvalue weighted by Crippen LogP contribution is 2.20. The van der Waals surface area contributed by atoms with E-state index in [0.717, 1.165) is 17.4 Å². The van der Waals surface area contributed by atoms with Crippen molar-refractivity contribution in [2.75, 3.05) is 0 Å². The van der Waals surface area contributed by atoms with Crippen molar-refractivity contribution in [1.29, 1.82) is 0 Å². The number of benzene rings is 2. The van der Waals surface area contributed by atoms with Crippen LogP contribution in [0, 0.1) is 5.82 Å². The maximum absolute atomic E-state index is 13.2. The Morgan fingerprint density at radius 1 is 1.00 bits per heavy atom. The van der Waals surface area contributed by atoms with Crippen molar-refractivity contribution < 1.29 is 4.39 Å². The molecule has 0 amide bonds. The van der Waals surface area contributed by atoms with Gasteiger partial charge in [-0.2, -0.15) is 0 Å². The quantitative estimate of drug-likeness (QED) is 0.632. The second-order valence-electron chi connectivity index (χ2n) is 5.54. The summed E-state index contributed by atoms with van der Waals surface area (Å²) in [5.74, 6) is 0.371. The van der Waals surface area contributed by atoms with E-state index in [1.54, 1.807) is 6.07 Å². The fourth-order valence-electron chi connectivity index (χ4n) is 2.51. The van der Waals surface area contributed by atoms with Crippen LogP contribution in [-0.4, -0.2) is 4.57 Å². The predicted molar refractivity (Wildman–Crippen MR) is 81.5 cm³/mol. The number of fused-ring (bicyclic) bond motifs is 1. The van der Waals surface area contributed by atoms with Crippen molar-refractivity contribution in [2.24, 2.45) is 0 Å². The average Bonchev–Trinajstić information content (AvgIpc) is 2.81. The van der Waals surface area contributed by atoms with Gasteiger partial charge in [0.05, 0.1) is 0 Å². The zero-order chi connectivity index (χ0) is 14.1. The van der Waals surface area contributed by atoms with Gasteiger partial charge >= 0.3 is 0 Å². The third-order valence-corrected chi connectivity index (χ3v) is 3.73. The summed E-state index contributed by atoms with van der Waals surface area (Å²) in [7, 11) is 0. The topological polar surface area (TPSA) is 4.93 Å². The normalized spacial score (nSPS) is 11.4. The predicted octanol–water partition coefficient (Wildman–Crippen LogP) is 4.95. The van der Waals surface area contributed by atoms with Gasteiger partial charge in [0, 0.05) is 23.6 Å². The molecular formula is C18H18FN. The molecule has 0 N–H and O–H groups in total. The Morgan fingerprint density at radius 2 is 1.75 bits per heavy atom. The summed E-state index contributed by atoms with van der Waals surface area (Å²) in [5.41, 5.74) is 3.68. The highest BCUT2D eigenvalue weighted by molar-refractivity contribution is 5.80. The summed E-state index contributed by atoms with van der Waals surface area (Å²) < 4.78 is 15.3. The molecule has 0 saturated heterocycles. The molecule has 102 valence electrons. The van der Waals surface area contributed by atoms with Gasteiger partial charge in [-0.15, -0.1) is 0 Å². The zero-order valence-electron chi connectivity index (χ0n) is 11.8. The summed E-state index contributed by atoms with van der Waals surface area (Å²) in [4.78, 5) is 0. The molecular weight excluding hydrogens is 249 g/mol. The lowest BCUT2D eigenvalue weighted by molar-refractivity contribution is 0.629. The second kappa shape index (κ2) is 5.12. The fourth-order valence-corrected chi connectivity index (χ4v) is 2.51. The smallest absolute Gasteiger partial charge is 0.123 e. The molecule has 1 heterocycles. The molecule has 0 bridgehead atoms. The summed E-state index contributed by atoms with van der Waals surface area (Å²) in [6.07, 6.45) is 2.01. The van der Waals surface area contributed by atoms with Crippen molar-refractivity contribution in [3.8, 4) is 0 Å². The number of nitrogens with zero attached hydrogens (tertiary/aromatic N) is 1. The zero-order valence-corrected chi connectivity index (χ0v) is 11.8. The van der Waals surface area contributed by atoms with E-state index in [-0.39, 0.29) is 5.82 Å². The number of aromatic nitrogens is 1. The first-order chi connectivity index (χ1) is 9.63. The van der Waals surface area contributed by atoms with Crippen molar-refractivity contribution in [3.63, 3.8) is 0 Å². The van der Waals surface area contributed by atoms with E-state index in [9.17, 15) is 4.39 Å². The summed E-state index contributed by atoms with van der Waals surface area (Å²) in [5, 5.41) is 0.948. The molecule has 0 atom stereocenters. The van der Waals surface area contributed by atoms with Gasteiger partial charge in [0.1, 0.15) is 5.82 Å². The van der Waals surface area contributed by atoms with Crippen LogP contribution in [0.15, 0.2) is 54.7 Å². The molecule has 1 nitrogen and oxygen atoms in total. The van der Waals surface area contributed by atoms with Gasteiger partial charge in [-0.3, -0.25) is 0 Å². The van der Waals surface area contributed by atoms with Gasteiger partial charge in [-0.1, -0.05) is 38.1 Å². The fraction of sp³-hybridized carbons (Fsp3) is 0.222. The Hall–Kier alpha value is -2.09. The molecule has 0 unspecified atom stereocenters. The van der Waals surface area contributed by atoms with E-state index in [2.05, 4.69) is 42.7 Å². The van der Waals surface area contributed by atoms with E-state index in [0.29, 0.717) is 5.92 Å². The van der Waals surface area contributed by atoms with Crippen LogP contribution in [0.5, 0.6) is 0 Å². The number of hydrogen-bond donors (Lipinski definition) is 0. The van der Waals surface area contributed by atoms with Gasteiger partial charge in [-0.25, -0.2) is 4.39 Å². The minimum atomic E-state index is -0.184. The Bertz CT molecular complexity index is 723. The standard InChI is InChI=1S/C18H18FN/c1-13(2)15-5-3-14(4-6-15)12-20-10-9-16-11-17(19)7-8-18(16)20/h3-11,13H,12H2,1-2H3. The van der Waals surface area contributed by atoms with E-state index < -0.39 is 0 Å². The lowest BCUT2D eigenvalue weighted by Crippen LogP contribution is -1.98. The molecule has 0 aliphatic rings. The largest absolute Gasteiger partial charge is 0.343 e. The van der Waals surface area contributed by atoms with Gasteiger partial charge in [0.2, 0.25) is 0 Å². The lowest BCUT2D eigenvalue weighted by atomic mass is 10.0. The summed E-state index contributed by atoms with van der Waals surface area (Å²) >= 11 is 0. The first-order valence-electron chi connectivity index (χ1n) is 6.97. The third-order valence-electron chi connectivity index (χ3n) is 3.73. The minimum Gasteiger partial charge on any atom is -0.343 e. The molecule has 1 aromatic heterocycles. The van der Waals surface area contributed by atoms with Crippen molar-refractivity contribution in [3.05, 3.63) is 71.7 Å². The van der Waals surface area contributed by atoms with Crippen molar-refractivity contribution in [2.45, 2.75) is 26.3 Å². The molecule has 0 aliphatic heterocycles. The Balaban J connectivity index is 1.89. The van der Waals surface area contributed by atoms with Crippen LogP contribution in [0.1, 0.15) is 30.9 Å². The van der Waals surface area contributed by atoms with Crippen LogP contribution in [0.4, 0.5) is 4.39 Å². The Labute approximate surface area is 118 Å². The molecule has 0 aliphatic carbocycles. The van der Waals surface area contributed by atoms with Gasteiger partial charge in [0.15, 0.2) is 0 Å². The molecule has 3 rings (SSSR count). The highest BCUT2D eigenvalue weighted by atomic mass is 19.1. The molecule has 20 heavy (non-hydrogen) atoms. The first kappa shape index (κ1) is 12.9. The third kappa shape index (κ3) is 2.46. The van der Waals surface area contributed by atoms with Crippen LogP contribution in [-0.2, 0) is 6.54 Å². The number of rotatable bonds is 3. The van der Waals surface area contributed by atoms with Gasteiger partial charge < -0.3 is 4.57 Å². The van der Waals surface area contributed by atoms with E-state index in [1.807, 2.05) is 18.3 Å². The van der Waals surface area contributed by atoms with Crippen LogP contribution >= 0.6 is 0 Å². The molecule has 0 saturated carbocycles. The van der Waals surface area contributed by atoms with E-state index >= 15 is 0 Å². The Kier molecular flexibility index (Phi) is 3.31. The number of halogens is 1. The lowest BCUT2D eigenvalue weighted by Gasteiger charge is -2.09. The first-order valence-corrected chi connectivity index (χ1v) is 6.97. The minimum absolute atomic E-state index is 0.184. The summed E-state index contributed by atoms with van der Waals surface area (Å²) in [6, 6.07) is 15.6. The SMILES string of the molecule is CC(C)c1ccc(Cn2ccc3cc(F)ccc32)cc1. The van der Waals surface area contributed by atoms with Crippen molar-refractivity contribution in [1.82, 2.24) is 4.57 Å². The van der Waals surface area contributed by atoms with Gasteiger partial charge in [-0.05, 0) is 41.3 Å². The molecule has 2 aromatic carbocycles. The maximum atomic E-state index is 13.2. The maximum Gasteiger partial charge on any atom is 0.123 e. The Morgan fingerprint density at radius 3 is 2.45 bits per heavy atom. The molecule has 0 fully saturated rings. The second-order valence-corrected chi connectivity index (χ2v) is 5.54. The van der Waals surface area contributed by atoms with Crippen molar-refractivity contribution >= 4 is 10.9 Å². The number of hydrogen-bond acceptors (Lipinski definition) is 0. The average molecular weight is 267 g/mol. The van der Waals surface area contributed by atoms with Crippen LogP contribution < -0.4 is 0 Å². The monoisotopic (exact) mass is 267 g/mol. The molecule has 0 spiro atoms. The molecule has 0 radical (unpaired) electrons. The van der Waals surface area contributed by atoms with E-state index in [1.165, 1.54) is 17.2 Å². The van der Waals surface area contributed by atoms with Crippen LogP contribution in [0.2, 0.25) is 0 Å². The molecule has 2 heteroatoms. The molecule has 3 aromatic rings. The van der Waals surface area contributed by atoms with Crippen LogP contribution in [0.3, 0.4) is 0 Å². The van der Waals surface area contributed by atoms with E-state index in [4.69, 9.17) is 0 Å². The highest BCUT2D eigenvalue weighted by Gasteiger charge is 2.04. The van der Waals surface area contributed by atoms with Crippen LogP contribution in [0.25, 0.3) is 10.9 Å².